The highest BCUT2D eigenvalue weighted by molar-refractivity contribution is 5.89. The zero-order valence-electron chi connectivity index (χ0n) is 15.4. The Hall–Kier alpha value is -3.28. The minimum Gasteiger partial charge on any atom is -0.493 e. The van der Waals surface area contributed by atoms with Crippen molar-refractivity contribution in [1.29, 1.82) is 21.2 Å². The van der Waals surface area contributed by atoms with Crippen molar-refractivity contribution >= 4 is 5.90 Å². The van der Waals surface area contributed by atoms with Crippen LogP contribution in [0.15, 0.2) is 18.2 Å². The molecule has 8 nitrogen and oxygen atoms in total. The van der Waals surface area contributed by atoms with Gasteiger partial charge < -0.3 is 18.9 Å². The highest BCUT2D eigenvalue weighted by Gasteiger charge is 2.78. The van der Waals surface area contributed by atoms with Gasteiger partial charge in [-0.3, -0.25) is 5.41 Å². The predicted molar refractivity (Wildman–Crippen MR) is 91.5 cm³/mol. The Kier molecular flexibility index (Phi) is 4.03. The molecule has 0 radical (unpaired) electrons. The summed E-state index contributed by atoms with van der Waals surface area (Å²) in [6, 6.07) is 11.0. The van der Waals surface area contributed by atoms with E-state index in [1.54, 1.807) is 32.0 Å². The number of benzene rings is 1. The van der Waals surface area contributed by atoms with E-state index >= 15 is 0 Å². The second-order valence-electron chi connectivity index (χ2n) is 6.70. The van der Waals surface area contributed by atoms with E-state index < -0.39 is 34.5 Å². The number of para-hydroxylation sites is 1. The maximum absolute atomic E-state index is 10.1. The number of ether oxygens (including phenoxy) is 4. The van der Waals surface area contributed by atoms with Gasteiger partial charge in [0.2, 0.25) is 17.1 Å². The molecule has 2 heterocycles. The Morgan fingerprint density at radius 3 is 2.30 bits per heavy atom. The van der Waals surface area contributed by atoms with Gasteiger partial charge in [-0.05, 0) is 6.07 Å². The van der Waals surface area contributed by atoms with Crippen molar-refractivity contribution in [2.75, 3.05) is 14.2 Å². The van der Waals surface area contributed by atoms with E-state index in [1.807, 2.05) is 18.2 Å². The van der Waals surface area contributed by atoms with Gasteiger partial charge in [0.15, 0.2) is 16.9 Å². The lowest BCUT2D eigenvalue weighted by molar-refractivity contribution is -0.269. The molecule has 0 amide bonds. The fraction of sp³-hybridized carbons (Fsp3) is 0.474. The third kappa shape index (κ3) is 1.95. The van der Waals surface area contributed by atoms with Gasteiger partial charge >= 0.3 is 0 Å². The SMILES string of the molecule is COc1cccc([C@H]2O[C@@]3(C)OC(=N)[C@@](C#N)([C@@H]3C)C2(C#N)C#N)c1OC. The molecule has 8 heteroatoms. The lowest BCUT2D eigenvalue weighted by Crippen LogP contribution is -2.57. The van der Waals surface area contributed by atoms with E-state index in [1.165, 1.54) is 14.2 Å². The summed E-state index contributed by atoms with van der Waals surface area (Å²) in [5, 5.41) is 38.5. The van der Waals surface area contributed by atoms with Crippen LogP contribution in [0.2, 0.25) is 0 Å². The number of fused-ring (bicyclic) bond motifs is 2. The molecular weight excluding hydrogens is 348 g/mol. The molecule has 1 N–H and O–H groups in total. The minimum atomic E-state index is -2.02. The van der Waals surface area contributed by atoms with Crippen molar-refractivity contribution in [1.82, 2.24) is 0 Å². The van der Waals surface area contributed by atoms with Crippen LogP contribution >= 0.6 is 0 Å². The highest BCUT2D eigenvalue weighted by Crippen LogP contribution is 2.67. The van der Waals surface area contributed by atoms with Crippen molar-refractivity contribution in [3.8, 4) is 29.7 Å². The average molecular weight is 366 g/mol. The molecule has 0 saturated carbocycles. The van der Waals surface area contributed by atoms with Crippen LogP contribution in [0.3, 0.4) is 0 Å². The van der Waals surface area contributed by atoms with E-state index in [4.69, 9.17) is 24.4 Å². The fourth-order valence-electron chi connectivity index (χ4n) is 4.11. The van der Waals surface area contributed by atoms with E-state index in [0.29, 0.717) is 11.3 Å². The monoisotopic (exact) mass is 366 g/mol. The maximum atomic E-state index is 10.1. The van der Waals surface area contributed by atoms with Crippen LogP contribution < -0.4 is 9.47 Å². The fourth-order valence-corrected chi connectivity index (χ4v) is 4.11. The minimum absolute atomic E-state index is 0.289. The summed E-state index contributed by atoms with van der Waals surface area (Å²) in [6.45, 7) is 3.25. The van der Waals surface area contributed by atoms with E-state index in [-0.39, 0.29) is 5.75 Å². The molecule has 0 aliphatic carbocycles. The van der Waals surface area contributed by atoms with Crippen LogP contribution in [0, 0.1) is 56.2 Å². The molecular formula is C19H18N4O4. The molecule has 4 atom stereocenters. The van der Waals surface area contributed by atoms with Gasteiger partial charge in [-0.15, -0.1) is 0 Å². The number of rotatable bonds is 3. The number of hydrogen-bond donors (Lipinski definition) is 1. The van der Waals surface area contributed by atoms with Crippen LogP contribution in [0.4, 0.5) is 0 Å². The first-order chi connectivity index (χ1) is 12.8. The number of hydrogen-bond acceptors (Lipinski definition) is 8. The lowest BCUT2D eigenvalue weighted by Gasteiger charge is -2.47. The molecule has 2 bridgehead atoms. The first-order valence-electron chi connectivity index (χ1n) is 8.22. The summed E-state index contributed by atoms with van der Waals surface area (Å²) < 4.78 is 22.4. The Balaban J connectivity index is 2.37. The summed E-state index contributed by atoms with van der Waals surface area (Å²) >= 11 is 0. The molecule has 3 rings (SSSR count). The summed E-state index contributed by atoms with van der Waals surface area (Å²) in [7, 11) is 2.90. The number of nitrogens with one attached hydrogen (secondary N) is 1. The van der Waals surface area contributed by atoms with Gasteiger partial charge in [0.05, 0.1) is 38.3 Å². The quantitative estimate of drug-likeness (QED) is 0.869. The van der Waals surface area contributed by atoms with Crippen LogP contribution in [0.5, 0.6) is 11.5 Å². The van der Waals surface area contributed by atoms with Gasteiger partial charge in [0.1, 0.15) is 6.10 Å². The summed E-state index contributed by atoms with van der Waals surface area (Å²) in [5.74, 6) is -1.82. The Morgan fingerprint density at radius 1 is 1.11 bits per heavy atom. The average Bonchev–Trinajstić information content (AvgIpc) is 2.82. The molecule has 1 aromatic carbocycles. The third-order valence-electron chi connectivity index (χ3n) is 5.71. The Bertz CT molecular complexity index is 926. The molecule has 0 aromatic heterocycles. The Morgan fingerprint density at radius 2 is 1.78 bits per heavy atom. The third-order valence-corrected chi connectivity index (χ3v) is 5.71. The normalized spacial score (nSPS) is 33.1. The van der Waals surface area contributed by atoms with Gasteiger partial charge in [0.25, 0.3) is 0 Å². The molecule has 0 unspecified atom stereocenters. The zero-order chi connectivity index (χ0) is 20.0. The van der Waals surface area contributed by atoms with Gasteiger partial charge in [-0.2, -0.15) is 15.8 Å². The molecule has 1 aromatic rings. The van der Waals surface area contributed by atoms with E-state index in [2.05, 4.69) is 0 Å². The summed E-state index contributed by atoms with van der Waals surface area (Å²) in [6.07, 6.45) is -1.19. The second kappa shape index (κ2) is 5.87. The van der Waals surface area contributed by atoms with Crippen molar-refractivity contribution in [2.45, 2.75) is 25.7 Å². The zero-order valence-corrected chi connectivity index (χ0v) is 15.4. The van der Waals surface area contributed by atoms with Crippen molar-refractivity contribution in [2.24, 2.45) is 16.7 Å². The lowest BCUT2D eigenvalue weighted by atomic mass is 9.54. The summed E-state index contributed by atoms with van der Waals surface area (Å²) in [5.41, 5.74) is -3.44. The molecule has 2 aliphatic heterocycles. The first-order valence-corrected chi connectivity index (χ1v) is 8.22. The van der Waals surface area contributed by atoms with Crippen LogP contribution in [-0.4, -0.2) is 25.9 Å². The molecule has 0 spiro atoms. The largest absolute Gasteiger partial charge is 0.493 e. The highest BCUT2D eigenvalue weighted by atomic mass is 16.7. The molecule has 2 fully saturated rings. The van der Waals surface area contributed by atoms with Crippen molar-refractivity contribution in [3.63, 3.8) is 0 Å². The van der Waals surface area contributed by atoms with Crippen LogP contribution in [0.25, 0.3) is 0 Å². The van der Waals surface area contributed by atoms with E-state index in [0.717, 1.165) is 0 Å². The van der Waals surface area contributed by atoms with Gasteiger partial charge in [-0.1, -0.05) is 19.1 Å². The Labute approximate surface area is 156 Å². The number of nitrogens with zero attached hydrogens (tertiary/aromatic N) is 3. The first kappa shape index (κ1) is 18.5. The number of methoxy groups -OCH3 is 2. The van der Waals surface area contributed by atoms with Crippen LogP contribution in [0.1, 0.15) is 25.5 Å². The second-order valence-corrected chi connectivity index (χ2v) is 6.70. The standard InChI is InChI=1S/C19H18N4O4/c1-11-17(2)26-15(12-6-5-7-13(24-3)14(12)25-4)18(8-20,9-21)19(11,10-22)16(23)27-17/h5-7,11,15,23H,1-4H3/t11-,15-,17+,19-/m1/s1. The predicted octanol–water partition coefficient (Wildman–Crippen LogP) is 2.68. The van der Waals surface area contributed by atoms with Gasteiger partial charge in [-0.25, -0.2) is 0 Å². The summed E-state index contributed by atoms with van der Waals surface area (Å²) in [4.78, 5) is 0. The van der Waals surface area contributed by atoms with Crippen LogP contribution in [-0.2, 0) is 9.47 Å². The molecule has 2 aliphatic rings. The maximum Gasteiger partial charge on any atom is 0.214 e. The smallest absolute Gasteiger partial charge is 0.214 e. The van der Waals surface area contributed by atoms with E-state index in [9.17, 15) is 15.8 Å². The van der Waals surface area contributed by atoms with Crippen molar-refractivity contribution < 1.29 is 18.9 Å². The molecule has 138 valence electrons. The molecule has 2 saturated heterocycles. The van der Waals surface area contributed by atoms with Crippen molar-refractivity contribution in [3.05, 3.63) is 23.8 Å². The topological polar surface area (TPSA) is 132 Å². The molecule has 27 heavy (non-hydrogen) atoms. The van der Waals surface area contributed by atoms with Gasteiger partial charge in [0, 0.05) is 12.5 Å². The number of nitriles is 3.